The number of hydrogen-bond acceptors (Lipinski definition) is 6. The Hall–Kier alpha value is -1.49. The number of amides is 1. The Morgan fingerprint density at radius 1 is 1.07 bits per heavy atom. The number of piperidine rings is 2. The molecule has 2 N–H and O–H groups in total. The van der Waals surface area contributed by atoms with Crippen LogP contribution in [0.2, 0.25) is 0 Å². The molecule has 1 aromatic rings. The number of nitrogens with zero attached hydrogens (tertiary/aromatic N) is 3. The second-order valence-electron chi connectivity index (χ2n) is 9.45. The van der Waals surface area contributed by atoms with Crippen LogP contribution in [-0.4, -0.2) is 73.0 Å². The molecule has 1 saturated carbocycles. The van der Waals surface area contributed by atoms with E-state index in [2.05, 4.69) is 27.1 Å². The monoisotopic (exact) mass is 437 g/mol. The Balaban J connectivity index is 1.19. The highest BCUT2D eigenvalue weighted by molar-refractivity contribution is 7.87. The number of nitrogens with one attached hydrogen (secondary N) is 2. The lowest BCUT2D eigenvalue weighted by Gasteiger charge is -2.39. The van der Waals surface area contributed by atoms with Gasteiger partial charge in [-0.1, -0.05) is 5.16 Å². The Labute approximate surface area is 177 Å². The van der Waals surface area contributed by atoms with Crippen molar-refractivity contribution < 1.29 is 17.7 Å². The average molecular weight is 438 g/mol. The Morgan fingerprint density at radius 3 is 2.37 bits per heavy atom. The van der Waals surface area contributed by atoms with Gasteiger partial charge in [-0.15, -0.1) is 0 Å². The van der Waals surface area contributed by atoms with E-state index in [1.165, 1.54) is 0 Å². The molecule has 1 unspecified atom stereocenters. The third kappa shape index (κ3) is 4.15. The molecule has 2 bridgehead atoms. The van der Waals surface area contributed by atoms with E-state index in [4.69, 9.17) is 4.52 Å². The van der Waals surface area contributed by atoms with E-state index < -0.39 is 10.2 Å². The summed E-state index contributed by atoms with van der Waals surface area (Å²) >= 11 is 0. The second kappa shape index (κ2) is 7.89. The van der Waals surface area contributed by atoms with E-state index in [1.54, 1.807) is 10.4 Å². The highest BCUT2D eigenvalue weighted by atomic mass is 32.2. The van der Waals surface area contributed by atoms with E-state index >= 15 is 0 Å². The lowest BCUT2D eigenvalue weighted by Crippen LogP contribution is -2.57. The predicted molar refractivity (Wildman–Crippen MR) is 110 cm³/mol. The number of carbonyl (C=O) groups excluding carboxylic acids is 1. The first kappa shape index (κ1) is 20.4. The van der Waals surface area contributed by atoms with Gasteiger partial charge in [0.15, 0.2) is 5.69 Å². The van der Waals surface area contributed by atoms with Gasteiger partial charge in [0.2, 0.25) is 0 Å². The summed E-state index contributed by atoms with van der Waals surface area (Å²) in [6.07, 6.45) is 6.86. The van der Waals surface area contributed by atoms with Crippen LogP contribution in [0.4, 0.5) is 0 Å². The van der Waals surface area contributed by atoms with Crippen molar-refractivity contribution in [1.29, 1.82) is 0 Å². The van der Waals surface area contributed by atoms with Crippen molar-refractivity contribution in [2.45, 2.75) is 81.5 Å². The van der Waals surface area contributed by atoms with Crippen molar-refractivity contribution in [2.24, 2.45) is 0 Å². The summed E-state index contributed by atoms with van der Waals surface area (Å²) in [5, 5.41) is 6.97. The van der Waals surface area contributed by atoms with Crippen LogP contribution in [0.25, 0.3) is 0 Å². The van der Waals surface area contributed by atoms with Crippen LogP contribution < -0.4 is 10.0 Å². The van der Waals surface area contributed by atoms with E-state index in [0.29, 0.717) is 24.5 Å². The van der Waals surface area contributed by atoms with Gasteiger partial charge in [-0.25, -0.2) is 0 Å². The molecule has 4 heterocycles. The van der Waals surface area contributed by atoms with E-state index in [-0.39, 0.29) is 30.1 Å². The number of aromatic nitrogens is 1. The molecular formula is C20H31N5O4S. The fraction of sp³-hybridized carbons (Fsp3) is 0.800. The van der Waals surface area contributed by atoms with Crippen LogP contribution in [0.5, 0.6) is 0 Å². The van der Waals surface area contributed by atoms with E-state index in [1.807, 2.05) is 0 Å². The zero-order chi connectivity index (χ0) is 20.9. The van der Waals surface area contributed by atoms with Gasteiger partial charge in [0.25, 0.3) is 16.1 Å². The molecule has 3 atom stereocenters. The quantitative estimate of drug-likeness (QED) is 0.693. The molecule has 4 aliphatic rings. The second-order valence-corrected chi connectivity index (χ2v) is 11.1. The molecule has 3 aliphatic heterocycles. The topological polar surface area (TPSA) is 108 Å². The van der Waals surface area contributed by atoms with Crippen LogP contribution in [0, 0.1) is 0 Å². The smallest absolute Gasteiger partial charge is 0.280 e. The first-order valence-electron chi connectivity index (χ1n) is 11.2. The van der Waals surface area contributed by atoms with Gasteiger partial charge in [0.1, 0.15) is 5.76 Å². The molecule has 10 heteroatoms. The highest BCUT2D eigenvalue weighted by Gasteiger charge is 2.47. The van der Waals surface area contributed by atoms with Gasteiger partial charge in [-0.3, -0.25) is 4.79 Å². The third-order valence-electron chi connectivity index (χ3n) is 7.05. The molecule has 0 aromatic carbocycles. The molecule has 9 nitrogen and oxygen atoms in total. The first-order valence-corrected chi connectivity index (χ1v) is 12.6. The normalized spacial score (nSPS) is 31.2. The summed E-state index contributed by atoms with van der Waals surface area (Å²) < 4.78 is 36.1. The largest absolute Gasteiger partial charge is 0.360 e. The SMILES string of the molecule is CN1CCC(NS(=O)(=O)N2[C@@H]3CC[C@H]2CC(NC(=O)c2cc(C4CC4)on2)C3)CC1. The summed E-state index contributed by atoms with van der Waals surface area (Å²) in [6, 6.07) is 1.60. The van der Waals surface area contributed by atoms with Gasteiger partial charge < -0.3 is 14.7 Å². The molecule has 4 fully saturated rings. The Bertz CT molecular complexity index is 877. The summed E-state index contributed by atoms with van der Waals surface area (Å²) in [5.41, 5.74) is 0.322. The molecule has 166 valence electrons. The average Bonchev–Trinajstić information content (AvgIpc) is 3.35. The molecule has 0 spiro atoms. The third-order valence-corrected chi connectivity index (χ3v) is 8.84. The van der Waals surface area contributed by atoms with Crippen molar-refractivity contribution in [2.75, 3.05) is 20.1 Å². The van der Waals surface area contributed by atoms with Crippen molar-refractivity contribution in [3.8, 4) is 0 Å². The van der Waals surface area contributed by atoms with Crippen molar-refractivity contribution >= 4 is 16.1 Å². The fourth-order valence-electron chi connectivity index (χ4n) is 5.26. The fourth-order valence-corrected chi connectivity index (χ4v) is 7.20. The number of fused-ring (bicyclic) bond motifs is 2. The summed E-state index contributed by atoms with van der Waals surface area (Å²) in [4.78, 5) is 14.8. The molecule has 30 heavy (non-hydrogen) atoms. The minimum atomic E-state index is -3.51. The molecule has 1 amide bonds. The first-order chi connectivity index (χ1) is 14.4. The van der Waals surface area contributed by atoms with Crippen LogP contribution in [0.1, 0.15) is 73.5 Å². The summed E-state index contributed by atoms with van der Waals surface area (Å²) in [5.74, 6) is 0.984. The molecule has 5 rings (SSSR count). The number of rotatable bonds is 6. The number of carbonyl (C=O) groups is 1. The Morgan fingerprint density at radius 2 is 1.73 bits per heavy atom. The van der Waals surface area contributed by atoms with Crippen molar-refractivity contribution in [1.82, 2.24) is 24.4 Å². The summed E-state index contributed by atoms with van der Waals surface area (Å²) in [6.45, 7) is 1.83. The molecule has 0 radical (unpaired) electrons. The standard InChI is InChI=1S/C20H31N5O4S/c1-24-8-6-14(7-9-24)23-30(27,28)25-16-4-5-17(25)11-15(10-16)21-20(26)18-12-19(29-22-18)13-2-3-13/h12-17,23H,2-11H2,1H3,(H,21,26)/t15?,16-,17+. The maximum absolute atomic E-state index is 13.1. The minimum absolute atomic E-state index is 0.0101. The molecule has 1 aromatic heterocycles. The lowest BCUT2D eigenvalue weighted by atomic mass is 9.99. The van der Waals surface area contributed by atoms with E-state index in [0.717, 1.165) is 57.4 Å². The number of hydrogen-bond donors (Lipinski definition) is 2. The molecule has 1 aliphatic carbocycles. The van der Waals surface area contributed by atoms with Crippen LogP contribution >= 0.6 is 0 Å². The van der Waals surface area contributed by atoms with Crippen molar-refractivity contribution in [3.63, 3.8) is 0 Å². The highest BCUT2D eigenvalue weighted by Crippen LogP contribution is 2.40. The van der Waals surface area contributed by atoms with Gasteiger partial charge in [0, 0.05) is 36.2 Å². The zero-order valence-corrected chi connectivity index (χ0v) is 18.2. The lowest BCUT2D eigenvalue weighted by molar-refractivity contribution is 0.0899. The van der Waals surface area contributed by atoms with Crippen molar-refractivity contribution in [3.05, 3.63) is 17.5 Å². The molecular weight excluding hydrogens is 406 g/mol. The summed E-state index contributed by atoms with van der Waals surface area (Å²) in [7, 11) is -1.45. The van der Waals surface area contributed by atoms with Gasteiger partial charge >= 0.3 is 0 Å². The van der Waals surface area contributed by atoms with Gasteiger partial charge in [0.05, 0.1) is 0 Å². The molecule has 3 saturated heterocycles. The zero-order valence-electron chi connectivity index (χ0n) is 17.4. The van der Waals surface area contributed by atoms with Crippen LogP contribution in [0.3, 0.4) is 0 Å². The van der Waals surface area contributed by atoms with E-state index in [9.17, 15) is 13.2 Å². The van der Waals surface area contributed by atoms with Crippen LogP contribution in [-0.2, 0) is 10.2 Å². The maximum Gasteiger partial charge on any atom is 0.280 e. The minimum Gasteiger partial charge on any atom is -0.360 e. The number of likely N-dealkylation sites (tertiary alicyclic amines) is 1. The Kier molecular flexibility index (Phi) is 5.37. The maximum atomic E-state index is 13.1. The van der Waals surface area contributed by atoms with Crippen LogP contribution in [0.15, 0.2) is 10.6 Å². The van der Waals surface area contributed by atoms with Gasteiger partial charge in [-0.2, -0.15) is 17.4 Å². The predicted octanol–water partition coefficient (Wildman–Crippen LogP) is 1.21. The van der Waals surface area contributed by atoms with Gasteiger partial charge in [-0.05, 0) is 71.5 Å².